The van der Waals surface area contributed by atoms with Crippen LogP contribution in [0.15, 0.2) is 35.1 Å². The second-order valence-corrected chi connectivity index (χ2v) is 4.86. The number of nitro benzene ring substituents is 1. The van der Waals surface area contributed by atoms with E-state index >= 15 is 0 Å². The Morgan fingerprint density at radius 3 is 2.82 bits per heavy atom. The van der Waals surface area contributed by atoms with Crippen LogP contribution in [0.3, 0.4) is 0 Å². The number of carbonyl (C=O) groups excluding carboxylic acids is 1. The summed E-state index contributed by atoms with van der Waals surface area (Å²) in [5, 5.41) is 13.8. The number of hydrogen-bond donors (Lipinski definition) is 1. The molecular weight excluding hydrogens is 288 g/mol. The van der Waals surface area contributed by atoms with E-state index in [2.05, 4.69) is 10.3 Å². The fourth-order valence-corrected chi connectivity index (χ4v) is 1.90. The van der Waals surface area contributed by atoms with Crippen LogP contribution >= 0.6 is 0 Å². The molecule has 0 aliphatic heterocycles. The van der Waals surface area contributed by atoms with Gasteiger partial charge in [0.25, 0.3) is 11.6 Å². The summed E-state index contributed by atoms with van der Waals surface area (Å²) in [6, 6.07) is 6.06. The Morgan fingerprint density at radius 2 is 2.14 bits per heavy atom. The predicted molar refractivity (Wildman–Crippen MR) is 79.5 cm³/mol. The highest BCUT2D eigenvalue weighted by Crippen LogP contribution is 2.31. The van der Waals surface area contributed by atoms with E-state index in [9.17, 15) is 14.9 Å². The molecule has 8 heteroatoms. The van der Waals surface area contributed by atoms with Gasteiger partial charge in [0.1, 0.15) is 0 Å². The third kappa shape index (κ3) is 3.47. The van der Waals surface area contributed by atoms with E-state index in [0.717, 1.165) is 6.39 Å². The topological polar surface area (TPSA) is 102 Å². The van der Waals surface area contributed by atoms with Gasteiger partial charge in [-0.3, -0.25) is 14.9 Å². The summed E-state index contributed by atoms with van der Waals surface area (Å²) >= 11 is 0. The van der Waals surface area contributed by atoms with Gasteiger partial charge in [0.2, 0.25) is 0 Å². The third-order valence-electron chi connectivity index (χ3n) is 2.97. The number of aromatic nitrogens is 1. The molecule has 0 fully saturated rings. The molecular formula is C14H16N4O4. The molecule has 0 aliphatic rings. The van der Waals surface area contributed by atoms with E-state index in [-0.39, 0.29) is 22.7 Å². The third-order valence-corrected chi connectivity index (χ3v) is 2.97. The molecule has 1 amide bonds. The monoisotopic (exact) mass is 304 g/mol. The highest BCUT2D eigenvalue weighted by Gasteiger charge is 2.24. The van der Waals surface area contributed by atoms with Gasteiger partial charge in [-0.25, -0.2) is 4.98 Å². The summed E-state index contributed by atoms with van der Waals surface area (Å²) in [6.45, 7) is 1.11. The summed E-state index contributed by atoms with van der Waals surface area (Å²) < 4.78 is 5.20. The number of amides is 1. The molecule has 2 aromatic rings. The fourth-order valence-electron chi connectivity index (χ4n) is 1.90. The predicted octanol–water partition coefficient (Wildman–Crippen LogP) is 1.54. The van der Waals surface area contributed by atoms with Gasteiger partial charge in [0.05, 0.1) is 10.5 Å². The number of oxazole rings is 1. The number of benzene rings is 1. The molecule has 0 atom stereocenters. The highest BCUT2D eigenvalue weighted by molar-refractivity contribution is 5.98. The first-order valence-corrected chi connectivity index (χ1v) is 6.61. The molecule has 1 aromatic heterocycles. The molecule has 0 radical (unpaired) electrons. The first-order chi connectivity index (χ1) is 10.5. The van der Waals surface area contributed by atoms with Crippen molar-refractivity contribution in [1.29, 1.82) is 0 Å². The van der Waals surface area contributed by atoms with Crippen molar-refractivity contribution in [2.24, 2.45) is 0 Å². The lowest BCUT2D eigenvalue weighted by molar-refractivity contribution is -0.384. The van der Waals surface area contributed by atoms with Crippen LogP contribution in [0.1, 0.15) is 10.5 Å². The quantitative estimate of drug-likeness (QED) is 0.641. The van der Waals surface area contributed by atoms with E-state index in [4.69, 9.17) is 4.42 Å². The van der Waals surface area contributed by atoms with Crippen LogP contribution in [0.4, 0.5) is 5.69 Å². The standard InChI is InChI=1S/C14H16N4O4/c1-17(2)8-7-15-14(19)12-13(22-9-16-12)10-5-3-4-6-11(10)18(20)21/h3-6,9H,7-8H2,1-2H3,(H,15,19). The van der Waals surface area contributed by atoms with Gasteiger partial charge >= 0.3 is 0 Å². The second kappa shape index (κ2) is 6.81. The largest absolute Gasteiger partial charge is 0.442 e. The highest BCUT2D eigenvalue weighted by atomic mass is 16.6. The van der Waals surface area contributed by atoms with Crippen molar-refractivity contribution >= 4 is 11.6 Å². The average molecular weight is 304 g/mol. The summed E-state index contributed by atoms with van der Waals surface area (Å²) in [5.41, 5.74) is 0.123. The molecule has 0 spiro atoms. The second-order valence-electron chi connectivity index (χ2n) is 4.86. The molecule has 2 rings (SSSR count). The van der Waals surface area contributed by atoms with Gasteiger partial charge < -0.3 is 14.6 Å². The Balaban J connectivity index is 2.27. The van der Waals surface area contributed by atoms with Crippen molar-refractivity contribution in [3.8, 4) is 11.3 Å². The maximum Gasteiger partial charge on any atom is 0.280 e. The van der Waals surface area contributed by atoms with E-state index in [1.165, 1.54) is 12.1 Å². The van der Waals surface area contributed by atoms with Crippen LogP contribution in [0.5, 0.6) is 0 Å². The Hall–Kier alpha value is -2.74. The van der Waals surface area contributed by atoms with Gasteiger partial charge in [-0.15, -0.1) is 0 Å². The molecule has 0 saturated heterocycles. The summed E-state index contributed by atoms with van der Waals surface area (Å²) in [7, 11) is 3.78. The van der Waals surface area contributed by atoms with Crippen LogP contribution in [0.25, 0.3) is 11.3 Å². The number of hydrogen-bond acceptors (Lipinski definition) is 6. The molecule has 8 nitrogen and oxygen atoms in total. The van der Waals surface area contributed by atoms with Crippen molar-refractivity contribution in [3.05, 3.63) is 46.5 Å². The molecule has 0 unspecified atom stereocenters. The SMILES string of the molecule is CN(C)CCNC(=O)c1ncoc1-c1ccccc1[N+](=O)[O-]. The zero-order chi connectivity index (χ0) is 16.1. The smallest absolute Gasteiger partial charge is 0.280 e. The van der Waals surface area contributed by atoms with Crippen LogP contribution in [-0.4, -0.2) is 47.9 Å². The number of likely N-dealkylation sites (N-methyl/N-ethyl adjacent to an activating group) is 1. The Bertz CT molecular complexity index is 681. The molecule has 1 N–H and O–H groups in total. The summed E-state index contributed by atoms with van der Waals surface area (Å²) in [4.78, 5) is 28.5. The van der Waals surface area contributed by atoms with Crippen molar-refractivity contribution in [2.45, 2.75) is 0 Å². The van der Waals surface area contributed by atoms with Gasteiger partial charge in [0, 0.05) is 19.2 Å². The van der Waals surface area contributed by atoms with Gasteiger partial charge in [-0.1, -0.05) is 12.1 Å². The Morgan fingerprint density at radius 1 is 1.41 bits per heavy atom. The number of nitrogens with zero attached hydrogens (tertiary/aromatic N) is 3. The van der Waals surface area contributed by atoms with E-state index in [0.29, 0.717) is 13.1 Å². The first kappa shape index (κ1) is 15.6. The lowest BCUT2D eigenvalue weighted by Crippen LogP contribution is -2.31. The minimum absolute atomic E-state index is 0.0352. The molecule has 116 valence electrons. The molecule has 1 aromatic carbocycles. The van der Waals surface area contributed by atoms with Crippen molar-refractivity contribution in [1.82, 2.24) is 15.2 Å². The number of rotatable bonds is 6. The average Bonchev–Trinajstić information content (AvgIpc) is 2.96. The maximum absolute atomic E-state index is 12.1. The normalized spacial score (nSPS) is 10.7. The van der Waals surface area contributed by atoms with Gasteiger partial charge in [-0.05, 0) is 20.2 Å². The summed E-state index contributed by atoms with van der Waals surface area (Å²) in [6.07, 6.45) is 1.10. The van der Waals surface area contributed by atoms with Crippen LogP contribution < -0.4 is 5.32 Å². The number of carbonyl (C=O) groups is 1. The Labute approximate surface area is 126 Å². The van der Waals surface area contributed by atoms with Gasteiger partial charge in [0.15, 0.2) is 17.8 Å². The lowest BCUT2D eigenvalue weighted by atomic mass is 10.1. The van der Waals surface area contributed by atoms with Crippen LogP contribution in [0, 0.1) is 10.1 Å². The molecule has 0 bridgehead atoms. The zero-order valence-electron chi connectivity index (χ0n) is 12.3. The van der Waals surface area contributed by atoms with Crippen molar-refractivity contribution in [3.63, 3.8) is 0 Å². The maximum atomic E-state index is 12.1. The number of nitro groups is 1. The minimum Gasteiger partial charge on any atom is -0.442 e. The molecule has 22 heavy (non-hydrogen) atoms. The van der Waals surface area contributed by atoms with Crippen molar-refractivity contribution < 1.29 is 14.1 Å². The molecule has 1 heterocycles. The first-order valence-electron chi connectivity index (χ1n) is 6.61. The molecule has 0 saturated carbocycles. The number of nitrogens with one attached hydrogen (secondary N) is 1. The lowest BCUT2D eigenvalue weighted by Gasteiger charge is -2.09. The van der Waals surface area contributed by atoms with Gasteiger partial charge in [-0.2, -0.15) is 0 Å². The molecule has 0 aliphatic carbocycles. The van der Waals surface area contributed by atoms with Crippen LogP contribution in [0.2, 0.25) is 0 Å². The Kier molecular flexibility index (Phi) is 4.84. The van der Waals surface area contributed by atoms with E-state index in [1.807, 2.05) is 19.0 Å². The number of para-hydroxylation sites is 1. The van der Waals surface area contributed by atoms with E-state index < -0.39 is 10.8 Å². The minimum atomic E-state index is -0.522. The fraction of sp³-hybridized carbons (Fsp3) is 0.286. The van der Waals surface area contributed by atoms with E-state index in [1.54, 1.807) is 12.1 Å². The van der Waals surface area contributed by atoms with Crippen molar-refractivity contribution in [2.75, 3.05) is 27.2 Å². The summed E-state index contributed by atoms with van der Waals surface area (Å²) in [5.74, 6) is -0.335. The van der Waals surface area contributed by atoms with Crippen LogP contribution in [-0.2, 0) is 0 Å². The zero-order valence-corrected chi connectivity index (χ0v) is 12.3.